The molecule has 0 aliphatic carbocycles. The van der Waals surface area contributed by atoms with Gasteiger partial charge in [0, 0.05) is 36.5 Å². The lowest BCUT2D eigenvalue weighted by molar-refractivity contribution is -0.384. The fraction of sp³-hybridized carbons (Fsp3) is 0.231. The molecule has 0 atom stereocenters. The predicted molar refractivity (Wildman–Crippen MR) is 144 cm³/mol. The number of carbonyl (C=O) groups excluding carboxylic acids is 1. The van der Waals surface area contributed by atoms with Crippen LogP contribution in [0.4, 0.5) is 17.1 Å². The number of aryl methyl sites for hydroxylation is 1. The molecule has 1 saturated heterocycles. The summed E-state index contributed by atoms with van der Waals surface area (Å²) in [5.74, 6) is -0.680. The Kier molecular flexibility index (Phi) is 8.34. The number of benzene rings is 3. The maximum atomic E-state index is 13.4. The van der Waals surface area contributed by atoms with Crippen molar-refractivity contribution >= 4 is 39.2 Å². The molecular weight excluding hydrogens is 510 g/mol. The number of morpholine rings is 1. The molecule has 0 spiro atoms. The molecule has 38 heavy (non-hydrogen) atoms. The molecule has 4 rings (SSSR count). The molecule has 1 amide bonds. The number of sulfonamides is 1. The van der Waals surface area contributed by atoms with Gasteiger partial charge in [-0.25, -0.2) is 13.8 Å². The van der Waals surface area contributed by atoms with Gasteiger partial charge in [-0.3, -0.25) is 19.2 Å². The lowest BCUT2D eigenvalue weighted by Gasteiger charge is -2.29. The molecule has 0 radical (unpaired) electrons. The Hall–Kier alpha value is -4.29. The van der Waals surface area contributed by atoms with E-state index in [0.29, 0.717) is 43.2 Å². The van der Waals surface area contributed by atoms with E-state index in [1.54, 1.807) is 42.5 Å². The molecule has 0 saturated carbocycles. The summed E-state index contributed by atoms with van der Waals surface area (Å²) in [5, 5.41) is 15.3. The van der Waals surface area contributed by atoms with Crippen molar-refractivity contribution in [2.45, 2.75) is 11.8 Å². The predicted octanol–water partition coefficient (Wildman–Crippen LogP) is 3.09. The number of hydrogen-bond acceptors (Lipinski definition) is 8. The number of ether oxygens (including phenoxy) is 1. The summed E-state index contributed by atoms with van der Waals surface area (Å²) in [6.07, 6.45) is 1.32. The number of amides is 1. The zero-order chi connectivity index (χ0) is 27.1. The monoisotopic (exact) mass is 537 g/mol. The van der Waals surface area contributed by atoms with Crippen molar-refractivity contribution in [1.29, 1.82) is 0 Å². The zero-order valence-corrected chi connectivity index (χ0v) is 21.5. The van der Waals surface area contributed by atoms with Gasteiger partial charge in [0.25, 0.3) is 21.6 Å². The third-order valence-electron chi connectivity index (χ3n) is 5.87. The van der Waals surface area contributed by atoms with Crippen molar-refractivity contribution < 1.29 is 22.9 Å². The molecule has 1 aliphatic heterocycles. The molecule has 1 fully saturated rings. The normalized spacial score (nSPS) is 13.9. The number of anilines is 2. The van der Waals surface area contributed by atoms with Crippen LogP contribution in [0.2, 0.25) is 0 Å². The van der Waals surface area contributed by atoms with E-state index >= 15 is 0 Å². The summed E-state index contributed by atoms with van der Waals surface area (Å²) < 4.78 is 33.2. The van der Waals surface area contributed by atoms with Crippen molar-refractivity contribution in [1.82, 2.24) is 5.43 Å². The lowest BCUT2D eigenvalue weighted by Crippen LogP contribution is -2.39. The molecule has 12 heteroatoms. The summed E-state index contributed by atoms with van der Waals surface area (Å²) in [5.41, 5.74) is 4.56. The van der Waals surface area contributed by atoms with E-state index in [2.05, 4.69) is 10.5 Å². The molecule has 3 aromatic carbocycles. The van der Waals surface area contributed by atoms with E-state index in [9.17, 15) is 23.3 Å². The lowest BCUT2D eigenvalue weighted by atomic mass is 10.1. The Balaban J connectivity index is 1.57. The molecule has 3 aromatic rings. The van der Waals surface area contributed by atoms with Gasteiger partial charge >= 0.3 is 0 Å². The van der Waals surface area contributed by atoms with Gasteiger partial charge < -0.3 is 9.64 Å². The van der Waals surface area contributed by atoms with E-state index in [1.165, 1.54) is 30.5 Å². The highest BCUT2D eigenvalue weighted by Crippen LogP contribution is 2.26. The zero-order valence-electron chi connectivity index (χ0n) is 20.7. The smallest absolute Gasteiger partial charge is 0.270 e. The van der Waals surface area contributed by atoms with Crippen LogP contribution in [0.1, 0.15) is 11.1 Å². The van der Waals surface area contributed by atoms with Gasteiger partial charge in [0.2, 0.25) is 0 Å². The molecule has 1 heterocycles. The first-order valence-electron chi connectivity index (χ1n) is 11.8. The van der Waals surface area contributed by atoms with Crippen LogP contribution in [0.25, 0.3) is 0 Å². The molecule has 0 aromatic heterocycles. The van der Waals surface area contributed by atoms with Crippen LogP contribution < -0.4 is 14.6 Å². The highest BCUT2D eigenvalue weighted by Gasteiger charge is 2.27. The van der Waals surface area contributed by atoms with Crippen molar-refractivity contribution in [3.63, 3.8) is 0 Å². The minimum atomic E-state index is -4.05. The fourth-order valence-electron chi connectivity index (χ4n) is 4.01. The van der Waals surface area contributed by atoms with E-state index < -0.39 is 27.4 Å². The van der Waals surface area contributed by atoms with Gasteiger partial charge in [-0.15, -0.1) is 0 Å². The second-order valence-electron chi connectivity index (χ2n) is 8.56. The van der Waals surface area contributed by atoms with E-state index in [1.807, 2.05) is 17.9 Å². The van der Waals surface area contributed by atoms with Crippen molar-refractivity contribution in [2.75, 3.05) is 42.1 Å². The molecule has 198 valence electrons. The molecule has 1 N–H and O–H groups in total. The average Bonchev–Trinajstić information content (AvgIpc) is 2.92. The van der Waals surface area contributed by atoms with E-state index in [4.69, 9.17) is 4.74 Å². The first kappa shape index (κ1) is 26.8. The van der Waals surface area contributed by atoms with Crippen molar-refractivity contribution in [3.05, 3.63) is 94.0 Å². The van der Waals surface area contributed by atoms with Gasteiger partial charge in [-0.2, -0.15) is 5.10 Å². The quantitative estimate of drug-likeness (QED) is 0.252. The number of rotatable bonds is 9. The summed E-state index contributed by atoms with van der Waals surface area (Å²) >= 11 is 0. The Morgan fingerprint density at radius 1 is 1.11 bits per heavy atom. The number of nitrogens with one attached hydrogen (secondary N) is 1. The maximum absolute atomic E-state index is 13.4. The highest BCUT2D eigenvalue weighted by atomic mass is 32.2. The third-order valence-corrected chi connectivity index (χ3v) is 7.66. The largest absolute Gasteiger partial charge is 0.378 e. The summed E-state index contributed by atoms with van der Waals surface area (Å²) in [6, 6.07) is 19.1. The minimum Gasteiger partial charge on any atom is -0.378 e. The summed E-state index contributed by atoms with van der Waals surface area (Å²) in [4.78, 5) is 25.7. The number of nitro benzene ring substituents is 1. The number of nitrogens with zero attached hydrogens (tertiary/aromatic N) is 4. The van der Waals surface area contributed by atoms with Gasteiger partial charge in [-0.05, 0) is 42.8 Å². The van der Waals surface area contributed by atoms with Gasteiger partial charge in [0.1, 0.15) is 6.54 Å². The van der Waals surface area contributed by atoms with Crippen LogP contribution in [0.15, 0.2) is 82.8 Å². The van der Waals surface area contributed by atoms with Crippen molar-refractivity contribution in [2.24, 2.45) is 5.10 Å². The Morgan fingerprint density at radius 2 is 1.84 bits per heavy atom. The molecule has 11 nitrogen and oxygen atoms in total. The fourth-order valence-corrected chi connectivity index (χ4v) is 5.44. The maximum Gasteiger partial charge on any atom is 0.270 e. The van der Waals surface area contributed by atoms with Crippen LogP contribution >= 0.6 is 0 Å². The Bertz CT molecular complexity index is 1440. The number of nitro groups is 1. The second kappa shape index (κ2) is 11.8. The van der Waals surface area contributed by atoms with Crippen LogP contribution in [0.5, 0.6) is 0 Å². The van der Waals surface area contributed by atoms with Gasteiger partial charge in [-0.1, -0.05) is 30.3 Å². The molecule has 1 aliphatic rings. The average molecular weight is 538 g/mol. The van der Waals surface area contributed by atoms with Crippen LogP contribution in [0.3, 0.4) is 0 Å². The minimum absolute atomic E-state index is 0.0459. The standard InChI is InChI=1S/C26H27N5O6S/c1-20-6-5-7-22(16-20)30(38(35,36)24-8-3-2-4-9-24)19-26(32)28-27-18-21-17-23(31(33)34)10-11-25(21)29-12-14-37-15-13-29/h2-11,16-18H,12-15,19H2,1H3,(H,28,32)/b27-18+. The number of carbonyl (C=O) groups is 1. The number of hydrogen-bond donors (Lipinski definition) is 1. The molecule has 0 bridgehead atoms. The van der Waals surface area contributed by atoms with Crippen LogP contribution in [-0.2, 0) is 19.6 Å². The highest BCUT2D eigenvalue weighted by molar-refractivity contribution is 7.92. The van der Waals surface area contributed by atoms with Gasteiger partial charge in [0.05, 0.1) is 34.9 Å². The van der Waals surface area contributed by atoms with E-state index in [0.717, 1.165) is 9.87 Å². The SMILES string of the molecule is Cc1cccc(N(CC(=O)N/N=C/c2cc([N+](=O)[O-])ccc2N2CCOCC2)S(=O)(=O)c2ccccc2)c1. The van der Waals surface area contributed by atoms with Crippen LogP contribution in [-0.4, -0.2) is 58.3 Å². The summed E-state index contributed by atoms with van der Waals surface area (Å²) in [6.45, 7) is 3.56. The molecule has 0 unspecified atom stereocenters. The third kappa shape index (κ3) is 6.33. The molecular formula is C26H27N5O6S. The first-order valence-corrected chi connectivity index (χ1v) is 13.3. The van der Waals surface area contributed by atoms with E-state index in [-0.39, 0.29) is 10.6 Å². The van der Waals surface area contributed by atoms with Crippen molar-refractivity contribution in [3.8, 4) is 0 Å². The van der Waals surface area contributed by atoms with Gasteiger partial charge in [0.15, 0.2) is 0 Å². The number of hydrazone groups is 1. The topological polar surface area (TPSA) is 134 Å². The first-order chi connectivity index (χ1) is 18.3. The number of non-ortho nitro benzene ring substituents is 1. The second-order valence-corrected chi connectivity index (χ2v) is 10.4. The Morgan fingerprint density at radius 3 is 2.53 bits per heavy atom. The Labute approximate surface area is 220 Å². The van der Waals surface area contributed by atoms with Crippen LogP contribution in [0, 0.1) is 17.0 Å². The summed E-state index contributed by atoms with van der Waals surface area (Å²) in [7, 11) is -4.05.